The maximum absolute atomic E-state index is 12.7. The van der Waals surface area contributed by atoms with E-state index < -0.39 is 9.84 Å². The van der Waals surface area contributed by atoms with Crippen LogP contribution in [0, 0.1) is 6.92 Å². The second kappa shape index (κ2) is 10.1. The lowest BCUT2D eigenvalue weighted by molar-refractivity contribution is 0.302. The molecule has 164 valence electrons. The number of methoxy groups -OCH3 is 4. The fourth-order valence-electron chi connectivity index (χ4n) is 3.26. The fourth-order valence-corrected chi connectivity index (χ4v) is 4.82. The van der Waals surface area contributed by atoms with Crippen LogP contribution in [-0.4, -0.2) is 42.6 Å². The molecule has 0 fully saturated rings. The molecule has 0 bridgehead atoms. The first-order valence-corrected chi connectivity index (χ1v) is 11.2. The highest BCUT2D eigenvalue weighted by molar-refractivity contribution is 7.91. The van der Waals surface area contributed by atoms with Crippen molar-refractivity contribution in [2.24, 2.45) is 0 Å². The number of hydrogen-bond donors (Lipinski definition) is 0. The number of ether oxygens (including phenoxy) is 4. The summed E-state index contributed by atoms with van der Waals surface area (Å²) in [5, 5.41) is 0.492. The van der Waals surface area contributed by atoms with Crippen molar-refractivity contribution in [1.29, 1.82) is 0 Å². The molecule has 0 N–H and O–H groups in total. The number of halogens is 1. The third kappa shape index (κ3) is 5.02. The molecule has 0 radical (unpaired) electrons. The zero-order valence-corrected chi connectivity index (χ0v) is 19.6. The summed E-state index contributed by atoms with van der Waals surface area (Å²) in [6.45, 7) is 3.68. The Hall–Kier alpha value is -2.38. The molecule has 0 saturated heterocycles. The van der Waals surface area contributed by atoms with E-state index in [9.17, 15) is 8.42 Å². The number of hydrogen-bond acceptors (Lipinski definition) is 6. The molecule has 0 atom stereocenters. The Morgan fingerprint density at radius 2 is 1.40 bits per heavy atom. The molecule has 0 amide bonds. The van der Waals surface area contributed by atoms with Gasteiger partial charge in [-0.1, -0.05) is 23.3 Å². The van der Waals surface area contributed by atoms with Gasteiger partial charge in [0.2, 0.25) is 11.5 Å². The summed E-state index contributed by atoms with van der Waals surface area (Å²) in [7, 11) is 2.69. The lowest BCUT2D eigenvalue weighted by Crippen LogP contribution is -2.08. The summed E-state index contributed by atoms with van der Waals surface area (Å²) in [6.07, 6.45) is 2.30. The van der Waals surface area contributed by atoms with Crippen LogP contribution in [0.2, 0.25) is 5.02 Å². The zero-order chi connectivity index (χ0) is 22.5. The molecule has 0 heterocycles. The van der Waals surface area contributed by atoms with Gasteiger partial charge in [0.05, 0.1) is 39.1 Å². The van der Waals surface area contributed by atoms with Crippen molar-refractivity contribution in [3.63, 3.8) is 0 Å². The van der Waals surface area contributed by atoms with Gasteiger partial charge in [0.25, 0.3) is 0 Å². The van der Waals surface area contributed by atoms with Crippen LogP contribution in [0.25, 0.3) is 0 Å². The second-order valence-electron chi connectivity index (χ2n) is 6.70. The van der Waals surface area contributed by atoms with Gasteiger partial charge in [-0.15, -0.1) is 0 Å². The van der Waals surface area contributed by atoms with Crippen LogP contribution in [0.5, 0.6) is 23.0 Å². The lowest BCUT2D eigenvalue weighted by atomic mass is 10.0. The minimum Gasteiger partial charge on any atom is -0.492 e. The number of sulfone groups is 1. The van der Waals surface area contributed by atoms with Crippen molar-refractivity contribution in [2.45, 2.75) is 25.2 Å². The maximum atomic E-state index is 12.7. The molecule has 0 unspecified atom stereocenters. The SMILES string of the molecule is COc1c(C)c(C/C=C(\C)CS(=O)(=O)c2ccc(Cl)cc2)c(OC)c(OC)c1OC. The van der Waals surface area contributed by atoms with Crippen LogP contribution in [0.3, 0.4) is 0 Å². The van der Waals surface area contributed by atoms with Crippen molar-refractivity contribution >= 4 is 21.4 Å². The van der Waals surface area contributed by atoms with Crippen LogP contribution in [0.4, 0.5) is 0 Å². The summed E-state index contributed by atoms with van der Waals surface area (Å²) in [5.41, 5.74) is 2.37. The predicted octanol–water partition coefficient (Wildman–Crippen LogP) is 4.65. The smallest absolute Gasteiger partial charge is 0.207 e. The molecule has 2 aromatic carbocycles. The molecule has 0 aromatic heterocycles. The molecular formula is C22H27ClO6S. The molecule has 0 spiro atoms. The summed E-state index contributed by atoms with van der Waals surface area (Å²) < 4.78 is 47.4. The van der Waals surface area contributed by atoms with Crippen molar-refractivity contribution in [1.82, 2.24) is 0 Å². The van der Waals surface area contributed by atoms with E-state index in [-0.39, 0.29) is 10.6 Å². The maximum Gasteiger partial charge on any atom is 0.207 e. The highest BCUT2D eigenvalue weighted by Gasteiger charge is 2.25. The van der Waals surface area contributed by atoms with Crippen LogP contribution in [-0.2, 0) is 16.3 Å². The molecule has 0 aliphatic carbocycles. The standard InChI is InChI=1S/C22H27ClO6S/c1-14(13-30(24,25)17-10-8-16(23)9-11-17)7-12-18-15(2)19(26-3)21(28-5)22(29-6)20(18)27-4/h7-11H,12-13H2,1-6H3/b14-7+. The minimum absolute atomic E-state index is 0.0968. The van der Waals surface area contributed by atoms with E-state index >= 15 is 0 Å². The van der Waals surface area contributed by atoms with E-state index in [1.165, 1.54) is 26.4 Å². The Balaban J connectivity index is 2.39. The van der Waals surface area contributed by atoms with Gasteiger partial charge in [0.15, 0.2) is 21.3 Å². The number of rotatable bonds is 9. The summed E-state index contributed by atoms with van der Waals surface area (Å²) in [5.74, 6) is 1.85. The van der Waals surface area contributed by atoms with Crippen molar-refractivity contribution < 1.29 is 27.4 Å². The average Bonchev–Trinajstić information content (AvgIpc) is 2.71. The number of allylic oxidation sites excluding steroid dienone is 1. The first-order valence-electron chi connectivity index (χ1n) is 9.19. The number of benzene rings is 2. The molecule has 2 aromatic rings. The van der Waals surface area contributed by atoms with Gasteiger partial charge in [0.1, 0.15) is 0 Å². The van der Waals surface area contributed by atoms with Crippen LogP contribution >= 0.6 is 11.6 Å². The Bertz CT molecular complexity index is 1030. The highest BCUT2D eigenvalue weighted by Crippen LogP contribution is 2.49. The third-order valence-corrected chi connectivity index (χ3v) is 6.83. The molecule has 0 saturated carbocycles. The largest absolute Gasteiger partial charge is 0.492 e. The van der Waals surface area contributed by atoms with E-state index in [2.05, 4.69) is 0 Å². The first-order chi connectivity index (χ1) is 14.2. The van der Waals surface area contributed by atoms with Crippen molar-refractivity contribution in [2.75, 3.05) is 34.2 Å². The minimum atomic E-state index is -3.47. The van der Waals surface area contributed by atoms with Gasteiger partial charge in [-0.25, -0.2) is 8.42 Å². The zero-order valence-electron chi connectivity index (χ0n) is 18.0. The quantitative estimate of drug-likeness (QED) is 0.514. The van der Waals surface area contributed by atoms with Crippen LogP contribution in [0.1, 0.15) is 18.1 Å². The lowest BCUT2D eigenvalue weighted by Gasteiger charge is -2.21. The Labute approximate surface area is 183 Å². The van der Waals surface area contributed by atoms with E-state index in [1.54, 1.807) is 33.3 Å². The normalized spacial score (nSPS) is 11.9. The predicted molar refractivity (Wildman–Crippen MR) is 118 cm³/mol. The van der Waals surface area contributed by atoms with E-state index in [4.69, 9.17) is 30.5 Å². The van der Waals surface area contributed by atoms with Crippen LogP contribution < -0.4 is 18.9 Å². The van der Waals surface area contributed by atoms with E-state index in [0.29, 0.717) is 40.0 Å². The Kier molecular flexibility index (Phi) is 8.03. The molecule has 0 aliphatic rings. The van der Waals surface area contributed by atoms with Crippen molar-refractivity contribution in [3.05, 3.63) is 52.1 Å². The van der Waals surface area contributed by atoms with Crippen LogP contribution in [0.15, 0.2) is 40.8 Å². The van der Waals surface area contributed by atoms with E-state index in [0.717, 1.165) is 11.1 Å². The van der Waals surface area contributed by atoms with Gasteiger partial charge >= 0.3 is 0 Å². The average molecular weight is 455 g/mol. The molecule has 8 heteroatoms. The molecule has 2 rings (SSSR count). The third-order valence-electron chi connectivity index (χ3n) is 4.75. The van der Waals surface area contributed by atoms with Gasteiger partial charge in [-0.05, 0) is 44.5 Å². The molecular weight excluding hydrogens is 428 g/mol. The Morgan fingerprint density at radius 3 is 1.90 bits per heavy atom. The monoisotopic (exact) mass is 454 g/mol. The summed E-state index contributed by atoms with van der Waals surface area (Å²) in [6, 6.07) is 6.16. The highest BCUT2D eigenvalue weighted by atomic mass is 35.5. The fraction of sp³-hybridized carbons (Fsp3) is 0.364. The summed E-state index contributed by atoms with van der Waals surface area (Å²) in [4.78, 5) is 0.237. The van der Waals surface area contributed by atoms with Gasteiger partial charge in [-0.2, -0.15) is 0 Å². The van der Waals surface area contributed by atoms with E-state index in [1.807, 2.05) is 13.0 Å². The van der Waals surface area contributed by atoms with Gasteiger partial charge < -0.3 is 18.9 Å². The first kappa shape index (κ1) is 23.9. The molecule has 6 nitrogen and oxygen atoms in total. The molecule has 0 aliphatic heterocycles. The van der Waals surface area contributed by atoms with Gasteiger partial charge in [-0.3, -0.25) is 0 Å². The topological polar surface area (TPSA) is 71.1 Å². The van der Waals surface area contributed by atoms with Crippen molar-refractivity contribution in [3.8, 4) is 23.0 Å². The van der Waals surface area contributed by atoms with Gasteiger partial charge in [0, 0.05) is 16.1 Å². The molecule has 30 heavy (non-hydrogen) atoms. The summed E-state index contributed by atoms with van der Waals surface area (Å²) >= 11 is 5.85. The second-order valence-corrected chi connectivity index (χ2v) is 9.13. The Morgan fingerprint density at radius 1 is 0.900 bits per heavy atom.